The van der Waals surface area contributed by atoms with Crippen molar-refractivity contribution in [3.05, 3.63) is 41.5 Å². The molecule has 0 unspecified atom stereocenters. The molecule has 0 aliphatic carbocycles. The molecule has 0 saturated heterocycles. The van der Waals surface area contributed by atoms with Crippen LogP contribution in [-0.4, -0.2) is 20.8 Å². The minimum Gasteiger partial charge on any atom is -0.505 e. The third kappa shape index (κ3) is 2.32. The number of anilines is 1. The van der Waals surface area contributed by atoms with Crippen LogP contribution < -0.4 is 5.32 Å². The molecule has 2 aromatic rings. The minimum absolute atomic E-state index is 0.272. The molecule has 0 atom stereocenters. The number of aryl methyl sites for hydroxylation is 2. The Morgan fingerprint density at radius 2 is 2.17 bits per heavy atom. The maximum absolute atomic E-state index is 13.1. The Bertz CT molecular complexity index is 607. The van der Waals surface area contributed by atoms with E-state index in [1.807, 2.05) is 0 Å². The van der Waals surface area contributed by atoms with Gasteiger partial charge in [0.15, 0.2) is 11.6 Å². The number of aromatic nitrogens is 2. The second-order valence-corrected chi connectivity index (χ2v) is 3.91. The molecule has 94 valence electrons. The lowest BCUT2D eigenvalue weighted by molar-refractivity contribution is 0.101. The fourth-order valence-corrected chi connectivity index (χ4v) is 1.60. The highest BCUT2D eigenvalue weighted by Gasteiger charge is 2.12. The van der Waals surface area contributed by atoms with Crippen LogP contribution in [-0.2, 0) is 7.05 Å². The SMILES string of the molecule is Cc1cc(C(=O)Nc2ccc(O)c(F)c2)n(C)n1. The Labute approximate surface area is 103 Å². The number of carbonyl (C=O) groups is 1. The number of aromatic hydroxyl groups is 1. The van der Waals surface area contributed by atoms with Gasteiger partial charge < -0.3 is 10.4 Å². The summed E-state index contributed by atoms with van der Waals surface area (Å²) in [7, 11) is 1.65. The lowest BCUT2D eigenvalue weighted by atomic mass is 10.2. The highest BCUT2D eigenvalue weighted by atomic mass is 19.1. The largest absolute Gasteiger partial charge is 0.505 e. The molecule has 18 heavy (non-hydrogen) atoms. The summed E-state index contributed by atoms with van der Waals surface area (Å²) in [5.41, 5.74) is 1.37. The van der Waals surface area contributed by atoms with Crippen LogP contribution in [0.3, 0.4) is 0 Å². The summed E-state index contributed by atoms with van der Waals surface area (Å²) in [4.78, 5) is 11.9. The summed E-state index contributed by atoms with van der Waals surface area (Å²) in [6.45, 7) is 1.77. The van der Waals surface area contributed by atoms with E-state index in [2.05, 4.69) is 10.4 Å². The van der Waals surface area contributed by atoms with Gasteiger partial charge in [0.1, 0.15) is 5.69 Å². The topological polar surface area (TPSA) is 67.2 Å². The monoisotopic (exact) mass is 249 g/mol. The first-order valence-electron chi connectivity index (χ1n) is 5.28. The first kappa shape index (κ1) is 12.1. The average Bonchev–Trinajstić information content (AvgIpc) is 2.63. The number of phenols is 1. The number of nitrogens with zero attached hydrogens (tertiary/aromatic N) is 2. The number of hydrogen-bond acceptors (Lipinski definition) is 3. The van der Waals surface area contributed by atoms with Crippen LogP contribution in [0.15, 0.2) is 24.3 Å². The molecule has 0 fully saturated rings. The summed E-state index contributed by atoms with van der Waals surface area (Å²) >= 11 is 0. The molecule has 1 heterocycles. The van der Waals surface area contributed by atoms with Crippen molar-refractivity contribution in [3.8, 4) is 5.75 Å². The van der Waals surface area contributed by atoms with E-state index in [9.17, 15) is 9.18 Å². The van der Waals surface area contributed by atoms with Gasteiger partial charge in [0.2, 0.25) is 0 Å². The van der Waals surface area contributed by atoms with Crippen molar-refractivity contribution >= 4 is 11.6 Å². The summed E-state index contributed by atoms with van der Waals surface area (Å²) in [6, 6.07) is 5.28. The third-order valence-corrected chi connectivity index (χ3v) is 2.44. The van der Waals surface area contributed by atoms with Crippen molar-refractivity contribution in [2.45, 2.75) is 6.92 Å². The maximum atomic E-state index is 13.1. The lowest BCUT2D eigenvalue weighted by Crippen LogP contribution is -2.16. The zero-order chi connectivity index (χ0) is 13.3. The zero-order valence-corrected chi connectivity index (χ0v) is 9.94. The highest BCUT2D eigenvalue weighted by Crippen LogP contribution is 2.19. The Kier molecular flexibility index (Phi) is 3.01. The van der Waals surface area contributed by atoms with Crippen LogP contribution >= 0.6 is 0 Å². The van der Waals surface area contributed by atoms with Gasteiger partial charge in [-0.2, -0.15) is 5.10 Å². The third-order valence-electron chi connectivity index (χ3n) is 2.44. The van der Waals surface area contributed by atoms with Crippen LogP contribution in [0.1, 0.15) is 16.2 Å². The molecular weight excluding hydrogens is 237 g/mol. The van der Waals surface area contributed by atoms with Gasteiger partial charge in [-0.1, -0.05) is 0 Å². The molecule has 0 aliphatic rings. The summed E-state index contributed by atoms with van der Waals surface area (Å²) < 4.78 is 14.5. The molecule has 1 aromatic heterocycles. The smallest absolute Gasteiger partial charge is 0.273 e. The number of phenolic OH excluding ortho intramolecular Hbond substituents is 1. The van der Waals surface area contributed by atoms with E-state index in [0.717, 1.165) is 11.8 Å². The first-order valence-corrected chi connectivity index (χ1v) is 5.28. The molecule has 1 amide bonds. The standard InChI is InChI=1S/C12H12FN3O2/c1-7-5-10(16(2)15-7)12(18)14-8-3-4-11(17)9(13)6-8/h3-6,17H,1-2H3,(H,14,18). The van der Waals surface area contributed by atoms with Crippen molar-refractivity contribution in [1.29, 1.82) is 0 Å². The molecule has 0 radical (unpaired) electrons. The van der Waals surface area contributed by atoms with Crippen molar-refractivity contribution in [2.24, 2.45) is 7.05 Å². The molecular formula is C12H12FN3O2. The van der Waals surface area contributed by atoms with Crippen LogP contribution in [0, 0.1) is 12.7 Å². The molecule has 0 bridgehead atoms. The van der Waals surface area contributed by atoms with Gasteiger partial charge in [-0.15, -0.1) is 0 Å². The van der Waals surface area contributed by atoms with Gasteiger partial charge in [-0.25, -0.2) is 4.39 Å². The van der Waals surface area contributed by atoms with E-state index in [1.165, 1.54) is 16.8 Å². The van der Waals surface area contributed by atoms with Crippen LogP contribution in [0.4, 0.5) is 10.1 Å². The molecule has 2 rings (SSSR count). The molecule has 0 aliphatic heterocycles. The maximum Gasteiger partial charge on any atom is 0.273 e. The van der Waals surface area contributed by atoms with Crippen molar-refractivity contribution in [3.63, 3.8) is 0 Å². The Morgan fingerprint density at radius 1 is 1.44 bits per heavy atom. The number of rotatable bonds is 2. The number of halogens is 1. The summed E-state index contributed by atoms with van der Waals surface area (Å²) in [6.07, 6.45) is 0. The van der Waals surface area contributed by atoms with Crippen molar-refractivity contribution in [2.75, 3.05) is 5.32 Å². The summed E-state index contributed by atoms with van der Waals surface area (Å²) in [5, 5.41) is 15.6. The van der Waals surface area contributed by atoms with E-state index in [-0.39, 0.29) is 11.6 Å². The average molecular weight is 249 g/mol. The normalized spacial score (nSPS) is 10.4. The molecule has 2 N–H and O–H groups in total. The number of amides is 1. The number of carbonyl (C=O) groups excluding carboxylic acids is 1. The van der Waals surface area contributed by atoms with E-state index in [0.29, 0.717) is 5.69 Å². The van der Waals surface area contributed by atoms with Crippen molar-refractivity contribution in [1.82, 2.24) is 9.78 Å². The number of hydrogen-bond donors (Lipinski definition) is 2. The fraction of sp³-hybridized carbons (Fsp3) is 0.167. The van der Waals surface area contributed by atoms with Crippen molar-refractivity contribution < 1.29 is 14.3 Å². The van der Waals surface area contributed by atoms with Gasteiger partial charge in [0.25, 0.3) is 5.91 Å². The molecule has 0 spiro atoms. The number of nitrogens with one attached hydrogen (secondary N) is 1. The molecule has 0 saturated carbocycles. The zero-order valence-electron chi connectivity index (χ0n) is 9.94. The predicted octanol–water partition coefficient (Wildman–Crippen LogP) is 1.83. The van der Waals surface area contributed by atoms with E-state index in [4.69, 9.17) is 5.11 Å². The van der Waals surface area contributed by atoms with E-state index >= 15 is 0 Å². The minimum atomic E-state index is -0.783. The highest BCUT2D eigenvalue weighted by molar-refractivity contribution is 6.03. The second kappa shape index (κ2) is 4.48. The van der Waals surface area contributed by atoms with Gasteiger partial charge in [0, 0.05) is 18.8 Å². The molecule has 1 aromatic carbocycles. The van der Waals surface area contributed by atoms with Gasteiger partial charge in [-0.3, -0.25) is 9.48 Å². The van der Waals surface area contributed by atoms with Gasteiger partial charge >= 0.3 is 0 Å². The van der Waals surface area contributed by atoms with Crippen LogP contribution in [0.2, 0.25) is 0 Å². The van der Waals surface area contributed by atoms with E-state index in [1.54, 1.807) is 20.0 Å². The van der Waals surface area contributed by atoms with Gasteiger partial charge in [-0.05, 0) is 25.1 Å². The van der Waals surface area contributed by atoms with Crippen LogP contribution in [0.5, 0.6) is 5.75 Å². The van der Waals surface area contributed by atoms with Gasteiger partial charge in [0.05, 0.1) is 5.69 Å². The second-order valence-electron chi connectivity index (χ2n) is 3.91. The quantitative estimate of drug-likeness (QED) is 0.798. The van der Waals surface area contributed by atoms with Crippen LogP contribution in [0.25, 0.3) is 0 Å². The first-order chi connectivity index (χ1) is 8.47. The Balaban J connectivity index is 2.21. The molecule has 6 heteroatoms. The number of benzene rings is 1. The Morgan fingerprint density at radius 3 is 2.72 bits per heavy atom. The predicted molar refractivity (Wildman–Crippen MR) is 64.0 cm³/mol. The Hall–Kier alpha value is -2.37. The van der Waals surface area contributed by atoms with E-state index < -0.39 is 11.6 Å². The molecule has 5 nitrogen and oxygen atoms in total. The lowest BCUT2D eigenvalue weighted by Gasteiger charge is -2.05. The summed E-state index contributed by atoms with van der Waals surface area (Å²) in [5.74, 6) is -1.62. The fourth-order valence-electron chi connectivity index (χ4n) is 1.60.